The zero-order chi connectivity index (χ0) is 19.7. The maximum atomic E-state index is 11.8. The number of carbonyl (C=O) groups is 1. The zero-order valence-corrected chi connectivity index (χ0v) is 14.9. The van der Waals surface area contributed by atoms with E-state index in [4.69, 9.17) is 0 Å². The number of hydrogen-bond donors (Lipinski definition) is 2. The summed E-state index contributed by atoms with van der Waals surface area (Å²) in [4.78, 5) is 23.1. The van der Waals surface area contributed by atoms with Gasteiger partial charge in [-0.15, -0.1) is 0 Å². The fourth-order valence-electron chi connectivity index (χ4n) is 3.44. The molecule has 0 saturated carbocycles. The number of fused-ring (bicyclic) bond motifs is 1. The minimum Gasteiger partial charge on any atom is -0.503 e. The van der Waals surface area contributed by atoms with Crippen molar-refractivity contribution in [3.63, 3.8) is 0 Å². The monoisotopic (exact) mass is 371 g/mol. The fourth-order valence-corrected chi connectivity index (χ4v) is 3.44. The first-order valence-corrected chi connectivity index (χ1v) is 8.77. The van der Waals surface area contributed by atoms with Gasteiger partial charge in [-0.25, -0.2) is 4.79 Å². The highest BCUT2D eigenvalue weighted by molar-refractivity contribution is 5.97. The van der Waals surface area contributed by atoms with Gasteiger partial charge in [-0.3, -0.25) is 4.79 Å². The summed E-state index contributed by atoms with van der Waals surface area (Å²) in [5, 5.41) is 21.3. The van der Waals surface area contributed by atoms with Crippen molar-refractivity contribution in [1.82, 2.24) is 4.57 Å². The van der Waals surface area contributed by atoms with Gasteiger partial charge in [0.25, 0.3) is 0 Å². The third kappa shape index (κ3) is 3.14. The molecular formula is C23H17NO4. The van der Waals surface area contributed by atoms with Crippen molar-refractivity contribution >= 4 is 16.7 Å². The highest BCUT2D eigenvalue weighted by atomic mass is 16.4. The first-order valence-electron chi connectivity index (χ1n) is 8.77. The number of aromatic carboxylic acids is 1. The number of rotatable bonds is 4. The van der Waals surface area contributed by atoms with E-state index in [-0.39, 0.29) is 0 Å². The largest absolute Gasteiger partial charge is 0.503 e. The van der Waals surface area contributed by atoms with E-state index in [9.17, 15) is 19.8 Å². The maximum absolute atomic E-state index is 11.8. The van der Waals surface area contributed by atoms with E-state index >= 15 is 0 Å². The van der Waals surface area contributed by atoms with Crippen molar-refractivity contribution < 1.29 is 15.0 Å². The van der Waals surface area contributed by atoms with E-state index in [0.29, 0.717) is 6.54 Å². The van der Waals surface area contributed by atoms with Crippen molar-refractivity contribution in [2.24, 2.45) is 0 Å². The molecule has 1 aromatic heterocycles. The molecule has 0 spiro atoms. The molecule has 0 bridgehead atoms. The smallest absolute Gasteiger partial charge is 0.341 e. The van der Waals surface area contributed by atoms with Gasteiger partial charge in [0.15, 0.2) is 5.75 Å². The van der Waals surface area contributed by atoms with Crippen molar-refractivity contribution in [3.8, 4) is 16.9 Å². The molecule has 5 heteroatoms. The van der Waals surface area contributed by atoms with Gasteiger partial charge in [0.05, 0.1) is 6.20 Å². The van der Waals surface area contributed by atoms with E-state index in [0.717, 1.165) is 27.5 Å². The van der Waals surface area contributed by atoms with Crippen LogP contribution in [-0.2, 0) is 6.54 Å². The van der Waals surface area contributed by atoms with Crippen LogP contribution in [0.4, 0.5) is 0 Å². The van der Waals surface area contributed by atoms with E-state index in [2.05, 4.69) is 18.2 Å². The lowest BCUT2D eigenvalue weighted by Crippen LogP contribution is -2.17. The molecule has 0 fully saturated rings. The number of carboxylic acids is 1. The Morgan fingerprint density at radius 1 is 0.857 bits per heavy atom. The molecule has 0 atom stereocenters. The Labute approximate surface area is 160 Å². The van der Waals surface area contributed by atoms with Crippen LogP contribution in [0, 0.1) is 0 Å². The van der Waals surface area contributed by atoms with Gasteiger partial charge >= 0.3 is 5.97 Å². The molecule has 4 rings (SSSR count). The zero-order valence-electron chi connectivity index (χ0n) is 14.9. The number of benzene rings is 3. The quantitative estimate of drug-likeness (QED) is 0.566. The second kappa shape index (κ2) is 7.04. The lowest BCUT2D eigenvalue weighted by Gasteiger charge is -2.14. The van der Waals surface area contributed by atoms with Gasteiger partial charge < -0.3 is 14.8 Å². The Bertz CT molecular complexity index is 1250. The van der Waals surface area contributed by atoms with E-state index in [1.54, 1.807) is 0 Å². The summed E-state index contributed by atoms with van der Waals surface area (Å²) >= 11 is 0. The van der Waals surface area contributed by atoms with E-state index < -0.39 is 22.7 Å². The first-order chi connectivity index (χ1) is 13.5. The minimum absolute atomic E-state index is 0.313. The van der Waals surface area contributed by atoms with E-state index in [1.807, 2.05) is 48.5 Å². The lowest BCUT2D eigenvalue weighted by molar-refractivity contribution is 0.0694. The van der Waals surface area contributed by atoms with Crippen LogP contribution in [0.1, 0.15) is 15.9 Å². The van der Waals surface area contributed by atoms with Crippen LogP contribution in [0.15, 0.2) is 83.9 Å². The SMILES string of the molecule is O=C(O)c1cn(Cc2ccccc2-c2cccc3ccccc23)cc(O)c1=O. The predicted octanol–water partition coefficient (Wildman–Crippen LogP) is 4.12. The Kier molecular flexibility index (Phi) is 4.41. The molecule has 0 aliphatic rings. The van der Waals surface area contributed by atoms with Crippen LogP contribution >= 0.6 is 0 Å². The summed E-state index contributed by atoms with van der Waals surface area (Å²) in [5.74, 6) is -1.94. The van der Waals surface area contributed by atoms with Gasteiger partial charge in [0.2, 0.25) is 5.43 Å². The van der Waals surface area contributed by atoms with Gasteiger partial charge in [-0.1, -0.05) is 66.7 Å². The molecule has 138 valence electrons. The van der Waals surface area contributed by atoms with Crippen LogP contribution in [0.25, 0.3) is 21.9 Å². The fraction of sp³-hybridized carbons (Fsp3) is 0.0435. The number of carboxylic acid groups (broad SMARTS) is 1. The second-order valence-corrected chi connectivity index (χ2v) is 6.55. The number of hydrogen-bond acceptors (Lipinski definition) is 3. The number of pyridine rings is 1. The minimum atomic E-state index is -1.36. The van der Waals surface area contributed by atoms with Crippen molar-refractivity contribution in [3.05, 3.63) is 100 Å². The van der Waals surface area contributed by atoms with Crippen LogP contribution in [-0.4, -0.2) is 20.7 Å². The third-order valence-corrected chi connectivity index (χ3v) is 4.74. The molecule has 1 heterocycles. The first kappa shape index (κ1) is 17.5. The molecule has 0 amide bonds. The van der Waals surface area contributed by atoms with Crippen molar-refractivity contribution in [2.75, 3.05) is 0 Å². The van der Waals surface area contributed by atoms with Crippen LogP contribution in [0.3, 0.4) is 0 Å². The second-order valence-electron chi connectivity index (χ2n) is 6.55. The summed E-state index contributed by atoms with van der Waals surface area (Å²) in [6.07, 6.45) is 2.51. The van der Waals surface area contributed by atoms with Crippen LogP contribution in [0.2, 0.25) is 0 Å². The Morgan fingerprint density at radius 2 is 1.54 bits per heavy atom. The summed E-state index contributed by atoms with van der Waals surface area (Å²) in [6, 6.07) is 22.0. The normalized spacial score (nSPS) is 10.9. The predicted molar refractivity (Wildman–Crippen MR) is 108 cm³/mol. The molecule has 5 nitrogen and oxygen atoms in total. The topological polar surface area (TPSA) is 79.5 Å². The molecule has 28 heavy (non-hydrogen) atoms. The van der Waals surface area contributed by atoms with Gasteiger partial charge in [-0.05, 0) is 27.5 Å². The Morgan fingerprint density at radius 3 is 2.36 bits per heavy atom. The van der Waals surface area contributed by atoms with Crippen molar-refractivity contribution in [2.45, 2.75) is 6.54 Å². The standard InChI is InChI=1S/C23H17NO4/c25-21-14-24(13-20(22(21)26)23(27)28)12-16-7-2-4-10-18(16)19-11-5-8-15-6-1-3-9-17(15)19/h1-11,13-14,25H,12H2,(H,27,28). The molecule has 0 aliphatic heterocycles. The van der Waals surface area contributed by atoms with Crippen LogP contribution < -0.4 is 5.43 Å². The van der Waals surface area contributed by atoms with Crippen LogP contribution in [0.5, 0.6) is 5.75 Å². The molecule has 0 unspecified atom stereocenters. The van der Waals surface area contributed by atoms with E-state index in [1.165, 1.54) is 17.0 Å². The average Bonchev–Trinajstić information content (AvgIpc) is 2.70. The highest BCUT2D eigenvalue weighted by Gasteiger charge is 2.14. The van der Waals surface area contributed by atoms with Gasteiger partial charge in [0.1, 0.15) is 5.56 Å². The summed E-state index contributed by atoms with van der Waals surface area (Å²) in [7, 11) is 0. The molecule has 4 aromatic rings. The summed E-state index contributed by atoms with van der Waals surface area (Å²) in [5.41, 5.74) is 1.68. The van der Waals surface area contributed by atoms with Gasteiger partial charge in [0, 0.05) is 12.7 Å². The molecule has 0 saturated heterocycles. The highest BCUT2D eigenvalue weighted by Crippen LogP contribution is 2.31. The molecule has 2 N–H and O–H groups in total. The Hall–Kier alpha value is -3.86. The average molecular weight is 371 g/mol. The number of nitrogens with zero attached hydrogens (tertiary/aromatic N) is 1. The molecular weight excluding hydrogens is 354 g/mol. The maximum Gasteiger partial charge on any atom is 0.341 e. The van der Waals surface area contributed by atoms with Gasteiger partial charge in [-0.2, -0.15) is 0 Å². The molecule has 0 aliphatic carbocycles. The Balaban J connectivity index is 1.84. The number of aromatic nitrogens is 1. The lowest BCUT2D eigenvalue weighted by atomic mass is 9.94. The summed E-state index contributed by atoms with van der Waals surface area (Å²) in [6.45, 7) is 0.313. The van der Waals surface area contributed by atoms with Crippen molar-refractivity contribution in [1.29, 1.82) is 0 Å². The molecule has 0 radical (unpaired) electrons. The third-order valence-electron chi connectivity index (χ3n) is 4.74. The molecule has 3 aromatic carbocycles. The summed E-state index contributed by atoms with van der Waals surface area (Å²) < 4.78 is 1.52. The number of aromatic hydroxyl groups is 1.